The van der Waals surface area contributed by atoms with Gasteiger partial charge in [0.25, 0.3) is 11.8 Å². The highest BCUT2D eigenvalue weighted by Crippen LogP contribution is 2.24. The first-order chi connectivity index (χ1) is 14.5. The van der Waals surface area contributed by atoms with Crippen LogP contribution >= 0.6 is 0 Å². The minimum absolute atomic E-state index is 0.0173. The fourth-order valence-electron chi connectivity index (χ4n) is 3.76. The summed E-state index contributed by atoms with van der Waals surface area (Å²) in [5.41, 5.74) is 3.23. The van der Waals surface area contributed by atoms with Crippen LogP contribution in [0, 0.1) is 13.8 Å². The Morgan fingerprint density at radius 3 is 2.40 bits per heavy atom. The highest BCUT2D eigenvalue weighted by Gasteiger charge is 2.24. The molecule has 0 spiro atoms. The van der Waals surface area contributed by atoms with Crippen molar-refractivity contribution in [3.05, 3.63) is 59.2 Å². The SMILES string of the molecule is CC[C@@H](Oc1cccc(C)c1C)C(=O)Nc1ccccc1C(=O)N1CCCCCC1. The summed E-state index contributed by atoms with van der Waals surface area (Å²) in [6.07, 6.45) is 4.28. The zero-order valence-electron chi connectivity index (χ0n) is 18.2. The molecule has 1 N–H and O–H groups in total. The quantitative estimate of drug-likeness (QED) is 0.722. The maximum Gasteiger partial charge on any atom is 0.265 e. The van der Waals surface area contributed by atoms with Crippen molar-refractivity contribution >= 4 is 17.5 Å². The first-order valence-corrected chi connectivity index (χ1v) is 10.9. The summed E-state index contributed by atoms with van der Waals surface area (Å²) in [7, 11) is 0. The summed E-state index contributed by atoms with van der Waals surface area (Å²) in [6.45, 7) is 7.48. The van der Waals surface area contributed by atoms with Crippen LogP contribution in [0.15, 0.2) is 42.5 Å². The van der Waals surface area contributed by atoms with Crippen LogP contribution in [0.2, 0.25) is 0 Å². The predicted molar refractivity (Wildman–Crippen MR) is 120 cm³/mol. The fourth-order valence-corrected chi connectivity index (χ4v) is 3.76. The van der Waals surface area contributed by atoms with Gasteiger partial charge in [0.05, 0.1) is 11.3 Å². The van der Waals surface area contributed by atoms with Gasteiger partial charge in [-0.3, -0.25) is 9.59 Å². The van der Waals surface area contributed by atoms with Crippen LogP contribution in [0.1, 0.15) is 60.5 Å². The van der Waals surface area contributed by atoms with Gasteiger partial charge in [-0.1, -0.05) is 44.0 Å². The molecular weight excluding hydrogens is 376 g/mol. The van der Waals surface area contributed by atoms with Gasteiger partial charge in [-0.05, 0) is 62.4 Å². The molecular formula is C25H32N2O3. The van der Waals surface area contributed by atoms with Gasteiger partial charge < -0.3 is 15.0 Å². The molecule has 1 atom stereocenters. The number of amides is 2. The lowest BCUT2D eigenvalue weighted by Crippen LogP contribution is -2.35. The second-order valence-electron chi connectivity index (χ2n) is 7.95. The van der Waals surface area contributed by atoms with Crippen LogP contribution in [0.5, 0.6) is 5.75 Å². The van der Waals surface area contributed by atoms with E-state index in [1.54, 1.807) is 12.1 Å². The summed E-state index contributed by atoms with van der Waals surface area (Å²) in [5.74, 6) is 0.455. The molecule has 1 fully saturated rings. The lowest BCUT2D eigenvalue weighted by atomic mass is 10.1. The number of carbonyl (C=O) groups excluding carboxylic acids is 2. The van der Waals surface area contributed by atoms with Crippen LogP contribution in [0.25, 0.3) is 0 Å². The van der Waals surface area contributed by atoms with E-state index in [0.29, 0.717) is 23.4 Å². The summed E-state index contributed by atoms with van der Waals surface area (Å²) in [6, 6.07) is 13.1. The third-order valence-corrected chi connectivity index (χ3v) is 5.80. The van der Waals surface area contributed by atoms with E-state index in [0.717, 1.165) is 49.9 Å². The van der Waals surface area contributed by atoms with Crippen molar-refractivity contribution in [2.45, 2.75) is 59.0 Å². The largest absolute Gasteiger partial charge is 0.480 e. The smallest absolute Gasteiger partial charge is 0.265 e. The van der Waals surface area contributed by atoms with E-state index in [9.17, 15) is 9.59 Å². The Balaban J connectivity index is 1.75. The summed E-state index contributed by atoms with van der Waals surface area (Å²) in [4.78, 5) is 28.0. The third-order valence-electron chi connectivity index (χ3n) is 5.80. The van der Waals surface area contributed by atoms with Crippen molar-refractivity contribution in [1.29, 1.82) is 0 Å². The lowest BCUT2D eigenvalue weighted by molar-refractivity contribution is -0.122. The van der Waals surface area contributed by atoms with Crippen molar-refractivity contribution < 1.29 is 14.3 Å². The normalized spacial score (nSPS) is 15.2. The van der Waals surface area contributed by atoms with Gasteiger partial charge in [0.1, 0.15) is 5.75 Å². The average molecular weight is 409 g/mol. The summed E-state index contributed by atoms with van der Waals surface area (Å²) >= 11 is 0. The molecule has 1 aliphatic rings. The van der Waals surface area contributed by atoms with E-state index in [1.807, 2.05) is 56.0 Å². The van der Waals surface area contributed by atoms with Crippen LogP contribution in [-0.4, -0.2) is 35.9 Å². The maximum atomic E-state index is 13.1. The van der Waals surface area contributed by atoms with Gasteiger partial charge >= 0.3 is 0 Å². The molecule has 2 amide bonds. The zero-order chi connectivity index (χ0) is 21.5. The second-order valence-corrected chi connectivity index (χ2v) is 7.95. The van der Waals surface area contributed by atoms with Crippen molar-refractivity contribution in [1.82, 2.24) is 4.90 Å². The van der Waals surface area contributed by atoms with E-state index >= 15 is 0 Å². The Morgan fingerprint density at radius 1 is 1.00 bits per heavy atom. The van der Waals surface area contributed by atoms with Gasteiger partial charge in [0.15, 0.2) is 6.10 Å². The molecule has 5 heteroatoms. The highest BCUT2D eigenvalue weighted by molar-refractivity contribution is 6.04. The molecule has 160 valence electrons. The first kappa shape index (κ1) is 21.9. The third kappa shape index (κ3) is 5.21. The van der Waals surface area contributed by atoms with Gasteiger partial charge in [-0.25, -0.2) is 0 Å². The van der Waals surface area contributed by atoms with Crippen molar-refractivity contribution in [3.8, 4) is 5.75 Å². The van der Waals surface area contributed by atoms with Crippen LogP contribution in [0.3, 0.4) is 0 Å². The number of nitrogens with one attached hydrogen (secondary N) is 1. The molecule has 0 unspecified atom stereocenters. The number of nitrogens with zero attached hydrogens (tertiary/aromatic N) is 1. The molecule has 0 saturated carbocycles. The number of ether oxygens (including phenoxy) is 1. The van der Waals surface area contributed by atoms with Crippen molar-refractivity contribution in [2.24, 2.45) is 0 Å². The molecule has 0 bridgehead atoms. The topological polar surface area (TPSA) is 58.6 Å². The Labute approximate surface area is 179 Å². The lowest BCUT2D eigenvalue weighted by Gasteiger charge is -2.23. The number of hydrogen-bond acceptors (Lipinski definition) is 3. The van der Waals surface area contributed by atoms with Gasteiger partial charge in [0.2, 0.25) is 0 Å². The van der Waals surface area contributed by atoms with E-state index < -0.39 is 6.10 Å². The monoisotopic (exact) mass is 408 g/mol. The Morgan fingerprint density at radius 2 is 1.70 bits per heavy atom. The van der Waals surface area contributed by atoms with Gasteiger partial charge in [-0.2, -0.15) is 0 Å². The Kier molecular flexibility index (Phi) is 7.50. The number of carbonyl (C=O) groups is 2. The molecule has 3 rings (SSSR count). The van der Waals surface area contributed by atoms with E-state index in [2.05, 4.69) is 5.32 Å². The van der Waals surface area contributed by atoms with Crippen LogP contribution in [0.4, 0.5) is 5.69 Å². The van der Waals surface area contributed by atoms with Crippen molar-refractivity contribution in [3.63, 3.8) is 0 Å². The molecule has 1 saturated heterocycles. The van der Waals surface area contributed by atoms with Crippen LogP contribution in [-0.2, 0) is 4.79 Å². The number of benzene rings is 2. The molecule has 0 radical (unpaired) electrons. The molecule has 1 aliphatic heterocycles. The molecule has 5 nitrogen and oxygen atoms in total. The maximum absolute atomic E-state index is 13.1. The minimum atomic E-state index is -0.633. The number of anilines is 1. The van der Waals surface area contributed by atoms with Gasteiger partial charge in [-0.15, -0.1) is 0 Å². The molecule has 1 heterocycles. The first-order valence-electron chi connectivity index (χ1n) is 10.9. The second kappa shape index (κ2) is 10.3. The number of aryl methyl sites for hydroxylation is 1. The fraction of sp³-hybridized carbons (Fsp3) is 0.440. The number of para-hydroxylation sites is 1. The molecule has 0 aromatic heterocycles. The number of likely N-dealkylation sites (tertiary alicyclic amines) is 1. The Bertz CT molecular complexity index is 886. The molecule has 2 aromatic carbocycles. The zero-order valence-corrected chi connectivity index (χ0v) is 18.2. The standard InChI is InChI=1S/C25H32N2O3/c1-4-22(30-23-15-11-12-18(2)19(23)3)24(28)26-21-14-8-7-13-20(21)25(29)27-16-9-5-6-10-17-27/h7-8,11-15,22H,4-6,9-10,16-17H2,1-3H3,(H,26,28)/t22-/m1/s1. The Hall–Kier alpha value is -2.82. The van der Waals surface area contributed by atoms with E-state index in [-0.39, 0.29) is 11.8 Å². The van der Waals surface area contributed by atoms with E-state index in [4.69, 9.17) is 4.74 Å². The van der Waals surface area contributed by atoms with E-state index in [1.165, 1.54) is 0 Å². The average Bonchev–Trinajstić information content (AvgIpc) is 3.04. The predicted octanol–water partition coefficient (Wildman–Crippen LogP) is 5.12. The minimum Gasteiger partial charge on any atom is -0.480 e. The number of hydrogen-bond donors (Lipinski definition) is 1. The van der Waals surface area contributed by atoms with Gasteiger partial charge in [0, 0.05) is 13.1 Å². The van der Waals surface area contributed by atoms with Crippen LogP contribution < -0.4 is 10.1 Å². The molecule has 2 aromatic rings. The van der Waals surface area contributed by atoms with Crippen molar-refractivity contribution in [2.75, 3.05) is 18.4 Å². The summed E-state index contributed by atoms with van der Waals surface area (Å²) in [5, 5.41) is 2.94. The summed E-state index contributed by atoms with van der Waals surface area (Å²) < 4.78 is 6.04. The molecule has 30 heavy (non-hydrogen) atoms. The molecule has 0 aliphatic carbocycles. The highest BCUT2D eigenvalue weighted by atomic mass is 16.5. The number of rotatable bonds is 6.